The quantitative estimate of drug-likeness (QED) is 0.414. The molecule has 8 heteroatoms. The number of nitrogens with zero attached hydrogens (tertiary/aromatic N) is 4. The molecule has 2 aliphatic heterocycles. The fourth-order valence-corrected chi connectivity index (χ4v) is 5.49. The van der Waals surface area contributed by atoms with Gasteiger partial charge in [0.25, 0.3) is 0 Å². The van der Waals surface area contributed by atoms with E-state index in [1.807, 2.05) is 71.6 Å². The number of carbonyl (C=O) groups excluding carboxylic acids is 2. The number of piperazine rings is 1. The third kappa shape index (κ3) is 5.13. The Morgan fingerprint density at radius 1 is 0.895 bits per heavy atom. The summed E-state index contributed by atoms with van der Waals surface area (Å²) in [5, 5.41) is 11.6. The lowest BCUT2D eigenvalue weighted by Crippen LogP contribution is -2.51. The molecule has 3 heterocycles. The molecule has 0 saturated carbocycles. The molecule has 0 bridgehead atoms. The first-order valence-corrected chi connectivity index (χ1v) is 13.3. The molecule has 0 radical (unpaired) electrons. The summed E-state index contributed by atoms with van der Waals surface area (Å²) < 4.78 is 0. The summed E-state index contributed by atoms with van der Waals surface area (Å²) in [5.41, 5.74) is 4.78. The number of para-hydroxylation sites is 1. The van der Waals surface area contributed by atoms with Crippen LogP contribution in [0.4, 0.5) is 11.4 Å². The normalized spacial score (nSPS) is 18.2. The lowest BCUT2D eigenvalue weighted by molar-refractivity contribution is -0.132. The molecule has 1 atom stereocenters. The van der Waals surface area contributed by atoms with Crippen molar-refractivity contribution in [2.75, 3.05) is 56.0 Å². The standard InChI is InChI=1S/C30H32N6O2/c37-28(36-17-15-35(16-18-36)25-9-5-2-6-10-25)21-34-14-13-23(20-34)30(38)31-24-11-12-27-26(19-24)29(33-32-27)22-7-3-1-4-8-22/h1-12,19,23H,13-18,20-21H2,(H,31,38)(H,32,33)/t23-/m1/s1. The minimum Gasteiger partial charge on any atom is -0.368 e. The Morgan fingerprint density at radius 3 is 2.39 bits per heavy atom. The number of H-pyrrole nitrogens is 1. The minimum atomic E-state index is -0.133. The molecule has 8 nitrogen and oxygen atoms in total. The number of likely N-dealkylation sites (tertiary alicyclic amines) is 1. The third-order valence-corrected chi connectivity index (χ3v) is 7.63. The number of aromatic amines is 1. The second kappa shape index (κ2) is 10.7. The van der Waals surface area contributed by atoms with Crippen LogP contribution in [0.5, 0.6) is 0 Å². The van der Waals surface area contributed by atoms with Crippen molar-refractivity contribution >= 4 is 34.1 Å². The fraction of sp³-hybridized carbons (Fsp3) is 0.300. The highest BCUT2D eigenvalue weighted by atomic mass is 16.2. The average molecular weight is 509 g/mol. The summed E-state index contributed by atoms with van der Waals surface area (Å²) in [6, 6.07) is 26.2. The second-order valence-corrected chi connectivity index (χ2v) is 10.1. The molecule has 2 fully saturated rings. The monoisotopic (exact) mass is 508 g/mol. The van der Waals surface area contributed by atoms with Gasteiger partial charge in [-0.3, -0.25) is 19.6 Å². The van der Waals surface area contributed by atoms with Crippen molar-refractivity contribution in [3.63, 3.8) is 0 Å². The highest BCUT2D eigenvalue weighted by Crippen LogP contribution is 2.29. The number of aromatic nitrogens is 2. The van der Waals surface area contributed by atoms with Gasteiger partial charge in [0, 0.05) is 55.0 Å². The number of carbonyl (C=O) groups is 2. The topological polar surface area (TPSA) is 84.6 Å². The first kappa shape index (κ1) is 24.2. The number of fused-ring (bicyclic) bond motifs is 1. The van der Waals surface area contributed by atoms with E-state index >= 15 is 0 Å². The van der Waals surface area contributed by atoms with Crippen molar-refractivity contribution in [3.8, 4) is 11.3 Å². The molecule has 0 aliphatic carbocycles. The SMILES string of the molecule is O=C(Nc1ccc2[nH]nc(-c3ccccc3)c2c1)[C@@H]1CCN(CC(=O)N2CCN(c3ccccc3)CC2)C1. The van der Waals surface area contributed by atoms with Gasteiger partial charge in [-0.2, -0.15) is 5.10 Å². The van der Waals surface area contributed by atoms with Gasteiger partial charge in [0.05, 0.1) is 23.7 Å². The minimum absolute atomic E-state index is 0.000491. The van der Waals surface area contributed by atoms with Crippen molar-refractivity contribution in [2.45, 2.75) is 6.42 Å². The Labute approximate surface area is 222 Å². The Hall–Kier alpha value is -4.17. The van der Waals surface area contributed by atoms with E-state index < -0.39 is 0 Å². The maximum Gasteiger partial charge on any atom is 0.236 e. The Bertz CT molecular complexity index is 1410. The molecule has 2 saturated heterocycles. The smallest absolute Gasteiger partial charge is 0.236 e. The summed E-state index contributed by atoms with van der Waals surface area (Å²) in [5.74, 6) is 0.0181. The molecule has 0 unspecified atom stereocenters. The number of nitrogens with one attached hydrogen (secondary N) is 2. The molecule has 4 aromatic rings. The predicted octanol–water partition coefficient (Wildman–Crippen LogP) is 3.84. The zero-order chi connectivity index (χ0) is 25.9. The molecule has 2 amide bonds. The average Bonchev–Trinajstić information content (AvgIpc) is 3.61. The number of amides is 2. The van der Waals surface area contributed by atoms with E-state index in [-0.39, 0.29) is 17.7 Å². The van der Waals surface area contributed by atoms with Crippen LogP contribution in [0.2, 0.25) is 0 Å². The van der Waals surface area contributed by atoms with Crippen molar-refractivity contribution in [3.05, 3.63) is 78.9 Å². The molecule has 3 aromatic carbocycles. The fourth-order valence-electron chi connectivity index (χ4n) is 5.49. The van der Waals surface area contributed by atoms with Gasteiger partial charge < -0.3 is 15.1 Å². The summed E-state index contributed by atoms with van der Waals surface area (Å²) in [6.45, 7) is 4.87. The van der Waals surface area contributed by atoms with Crippen LogP contribution in [0.25, 0.3) is 22.2 Å². The number of hydrogen-bond donors (Lipinski definition) is 2. The second-order valence-electron chi connectivity index (χ2n) is 10.1. The van der Waals surface area contributed by atoms with Crippen LogP contribution in [-0.2, 0) is 9.59 Å². The summed E-state index contributed by atoms with van der Waals surface area (Å²) in [6.07, 6.45) is 0.754. The van der Waals surface area contributed by atoms with Crippen molar-refractivity contribution < 1.29 is 9.59 Å². The van der Waals surface area contributed by atoms with E-state index in [1.165, 1.54) is 5.69 Å². The molecule has 1 aromatic heterocycles. The molecular formula is C30H32N6O2. The highest BCUT2D eigenvalue weighted by Gasteiger charge is 2.31. The van der Waals surface area contributed by atoms with E-state index in [9.17, 15) is 9.59 Å². The van der Waals surface area contributed by atoms with Crippen molar-refractivity contribution in [1.82, 2.24) is 20.0 Å². The number of rotatable bonds is 6. The molecule has 2 N–H and O–H groups in total. The number of anilines is 2. The van der Waals surface area contributed by atoms with E-state index in [0.29, 0.717) is 13.1 Å². The zero-order valence-electron chi connectivity index (χ0n) is 21.3. The van der Waals surface area contributed by atoms with E-state index in [4.69, 9.17) is 0 Å². The van der Waals surface area contributed by atoms with Gasteiger partial charge in [-0.1, -0.05) is 48.5 Å². The van der Waals surface area contributed by atoms with Crippen molar-refractivity contribution in [1.29, 1.82) is 0 Å². The molecule has 194 valence electrons. The van der Waals surface area contributed by atoms with Gasteiger partial charge in [-0.05, 0) is 43.3 Å². The lowest BCUT2D eigenvalue weighted by atomic mass is 10.1. The van der Waals surface area contributed by atoms with Gasteiger partial charge in [-0.15, -0.1) is 0 Å². The molecule has 38 heavy (non-hydrogen) atoms. The van der Waals surface area contributed by atoms with Crippen LogP contribution in [0.15, 0.2) is 78.9 Å². The zero-order valence-corrected chi connectivity index (χ0v) is 21.3. The van der Waals surface area contributed by atoms with E-state index in [2.05, 4.69) is 37.4 Å². The number of benzene rings is 3. The summed E-state index contributed by atoms with van der Waals surface area (Å²) in [7, 11) is 0. The van der Waals surface area contributed by atoms with Gasteiger partial charge >= 0.3 is 0 Å². The van der Waals surface area contributed by atoms with Crippen LogP contribution >= 0.6 is 0 Å². The first-order chi connectivity index (χ1) is 18.6. The molecule has 2 aliphatic rings. The van der Waals surface area contributed by atoms with Gasteiger partial charge in [0.1, 0.15) is 0 Å². The van der Waals surface area contributed by atoms with Crippen LogP contribution in [-0.4, -0.2) is 77.6 Å². The molecule has 6 rings (SSSR count). The molecule has 0 spiro atoms. The van der Waals surface area contributed by atoms with Gasteiger partial charge in [-0.25, -0.2) is 0 Å². The summed E-state index contributed by atoms with van der Waals surface area (Å²) in [4.78, 5) is 32.4. The van der Waals surface area contributed by atoms with Gasteiger partial charge in [0.2, 0.25) is 11.8 Å². The lowest BCUT2D eigenvalue weighted by Gasteiger charge is -2.36. The van der Waals surface area contributed by atoms with Crippen molar-refractivity contribution in [2.24, 2.45) is 5.92 Å². The maximum atomic E-state index is 13.1. The van der Waals surface area contributed by atoms with Gasteiger partial charge in [0.15, 0.2) is 0 Å². The van der Waals surface area contributed by atoms with Crippen LogP contribution in [0.3, 0.4) is 0 Å². The molecular weight excluding hydrogens is 476 g/mol. The summed E-state index contributed by atoms with van der Waals surface area (Å²) >= 11 is 0. The Morgan fingerprint density at radius 2 is 1.63 bits per heavy atom. The first-order valence-electron chi connectivity index (χ1n) is 13.3. The van der Waals surface area contributed by atoms with E-state index in [0.717, 1.165) is 67.0 Å². The predicted molar refractivity (Wildman–Crippen MR) is 150 cm³/mol. The van der Waals surface area contributed by atoms with Crippen LogP contribution < -0.4 is 10.2 Å². The van der Waals surface area contributed by atoms with Crippen LogP contribution in [0, 0.1) is 5.92 Å². The highest BCUT2D eigenvalue weighted by molar-refractivity contribution is 5.99. The van der Waals surface area contributed by atoms with E-state index in [1.54, 1.807) is 0 Å². The maximum absolute atomic E-state index is 13.1. The Balaban J connectivity index is 1.02. The van der Waals surface area contributed by atoms with Crippen LogP contribution in [0.1, 0.15) is 6.42 Å². The Kier molecular flexibility index (Phi) is 6.79. The third-order valence-electron chi connectivity index (χ3n) is 7.63. The number of hydrogen-bond acceptors (Lipinski definition) is 5. The largest absolute Gasteiger partial charge is 0.368 e.